The van der Waals surface area contributed by atoms with Crippen molar-refractivity contribution in [2.45, 2.75) is 0 Å². The predicted octanol–water partition coefficient (Wildman–Crippen LogP) is 3.18. The monoisotopic (exact) mass is 217 g/mol. The minimum Gasteiger partial charge on any atom is -0.459 e. The minimum atomic E-state index is 0.276. The molecule has 0 unspecified atom stereocenters. The molecule has 1 heterocycles. The standard InChI is InChI=1S/C11H8NO2P/c13-8-11-10(6-7-14-11)12-15-9-4-2-1-3-5-9/h1-8H. The molecule has 0 radical (unpaired) electrons. The van der Waals surface area contributed by atoms with Crippen LogP contribution in [0.1, 0.15) is 10.6 Å². The van der Waals surface area contributed by atoms with E-state index >= 15 is 0 Å². The number of furan rings is 1. The number of hydrogen-bond acceptors (Lipinski definition) is 3. The second kappa shape index (κ2) is 4.67. The van der Waals surface area contributed by atoms with Gasteiger partial charge in [0.1, 0.15) is 5.69 Å². The number of carbonyl (C=O) groups is 1. The fourth-order valence-corrected chi connectivity index (χ4v) is 1.79. The normalized spacial score (nSPS) is 10.7. The Morgan fingerprint density at radius 2 is 2.00 bits per heavy atom. The van der Waals surface area contributed by atoms with Crippen LogP contribution in [0.25, 0.3) is 0 Å². The van der Waals surface area contributed by atoms with E-state index in [1.54, 1.807) is 6.07 Å². The van der Waals surface area contributed by atoms with Gasteiger partial charge in [-0.2, -0.15) is 0 Å². The topological polar surface area (TPSA) is 42.6 Å². The number of carbonyl (C=O) groups excluding carboxylic acids is 1. The van der Waals surface area contributed by atoms with Gasteiger partial charge in [0.05, 0.1) is 6.26 Å². The Morgan fingerprint density at radius 1 is 1.20 bits per heavy atom. The number of rotatable bonds is 3. The molecule has 0 aliphatic rings. The molecule has 74 valence electrons. The molecule has 1 aromatic carbocycles. The largest absolute Gasteiger partial charge is 0.459 e. The van der Waals surface area contributed by atoms with E-state index in [0.29, 0.717) is 12.0 Å². The molecule has 1 aromatic heterocycles. The van der Waals surface area contributed by atoms with Gasteiger partial charge in [-0.05, 0) is 12.1 Å². The zero-order valence-corrected chi connectivity index (χ0v) is 8.72. The molecule has 0 amide bonds. The summed E-state index contributed by atoms with van der Waals surface area (Å²) in [5.41, 5.74) is 0.593. The van der Waals surface area contributed by atoms with Gasteiger partial charge >= 0.3 is 0 Å². The molecule has 0 atom stereocenters. The van der Waals surface area contributed by atoms with Crippen LogP contribution >= 0.6 is 8.37 Å². The van der Waals surface area contributed by atoms with Crippen LogP contribution in [0, 0.1) is 0 Å². The van der Waals surface area contributed by atoms with Gasteiger partial charge in [-0.1, -0.05) is 18.2 Å². The van der Waals surface area contributed by atoms with Gasteiger partial charge in [0, 0.05) is 19.7 Å². The molecule has 0 spiro atoms. The molecule has 2 rings (SSSR count). The molecule has 0 fully saturated rings. The maximum Gasteiger partial charge on any atom is 0.192 e. The molecule has 2 aromatic rings. The highest BCUT2D eigenvalue weighted by atomic mass is 31.1. The van der Waals surface area contributed by atoms with Gasteiger partial charge in [-0.3, -0.25) is 4.79 Å². The second-order valence-electron chi connectivity index (χ2n) is 2.82. The van der Waals surface area contributed by atoms with Crippen LogP contribution in [0.4, 0.5) is 5.69 Å². The van der Waals surface area contributed by atoms with E-state index in [9.17, 15) is 4.79 Å². The summed E-state index contributed by atoms with van der Waals surface area (Å²) in [6.45, 7) is 0. The highest BCUT2D eigenvalue weighted by Gasteiger charge is 2.01. The number of aldehydes is 1. The van der Waals surface area contributed by atoms with Gasteiger partial charge in [0.25, 0.3) is 0 Å². The van der Waals surface area contributed by atoms with E-state index < -0.39 is 0 Å². The Bertz CT molecular complexity index is 476. The van der Waals surface area contributed by atoms with Crippen molar-refractivity contribution in [3.63, 3.8) is 0 Å². The molecule has 0 saturated heterocycles. The molecule has 0 N–H and O–H groups in total. The van der Waals surface area contributed by atoms with Gasteiger partial charge in [-0.25, -0.2) is 4.74 Å². The number of hydrogen-bond donors (Lipinski definition) is 0. The average Bonchev–Trinajstić information content (AvgIpc) is 2.75. The fourth-order valence-electron chi connectivity index (χ4n) is 1.09. The summed E-state index contributed by atoms with van der Waals surface area (Å²) in [4.78, 5) is 10.5. The summed E-state index contributed by atoms with van der Waals surface area (Å²) in [6.07, 6.45) is 2.13. The molecular formula is C11H8NO2P. The smallest absolute Gasteiger partial charge is 0.192 e. The molecule has 0 bridgehead atoms. The molecule has 15 heavy (non-hydrogen) atoms. The quantitative estimate of drug-likeness (QED) is 0.585. The van der Waals surface area contributed by atoms with Crippen LogP contribution < -0.4 is 5.30 Å². The van der Waals surface area contributed by atoms with E-state index in [-0.39, 0.29) is 5.76 Å². The fraction of sp³-hybridized carbons (Fsp3) is 0. The Labute approximate surface area is 88.6 Å². The highest BCUT2D eigenvalue weighted by molar-refractivity contribution is 7.37. The van der Waals surface area contributed by atoms with Crippen molar-refractivity contribution in [1.82, 2.24) is 0 Å². The van der Waals surface area contributed by atoms with E-state index in [1.807, 2.05) is 30.3 Å². The second-order valence-corrected chi connectivity index (χ2v) is 3.74. The van der Waals surface area contributed by atoms with E-state index in [2.05, 4.69) is 4.74 Å². The lowest BCUT2D eigenvalue weighted by molar-refractivity contribution is 0.110. The third-order valence-corrected chi connectivity index (χ3v) is 2.65. The van der Waals surface area contributed by atoms with Gasteiger partial charge in [0.2, 0.25) is 0 Å². The Hall–Kier alpha value is -1.73. The van der Waals surface area contributed by atoms with Crippen LogP contribution in [0.2, 0.25) is 0 Å². The lowest BCUT2D eigenvalue weighted by atomic mass is 10.4. The first-order valence-electron chi connectivity index (χ1n) is 4.39. The highest BCUT2D eigenvalue weighted by Crippen LogP contribution is 2.22. The maximum absolute atomic E-state index is 10.5. The Balaban J connectivity index is 2.22. The van der Waals surface area contributed by atoms with Crippen molar-refractivity contribution in [3.8, 4) is 0 Å². The minimum absolute atomic E-state index is 0.276. The first kappa shape index (κ1) is 9.81. The summed E-state index contributed by atoms with van der Waals surface area (Å²) in [5.74, 6) is 0.276. The van der Waals surface area contributed by atoms with Gasteiger partial charge < -0.3 is 4.42 Å². The molecule has 0 aliphatic heterocycles. The Kier molecular flexibility index (Phi) is 3.05. The van der Waals surface area contributed by atoms with E-state index in [0.717, 1.165) is 13.7 Å². The van der Waals surface area contributed by atoms with E-state index in [1.165, 1.54) is 6.26 Å². The maximum atomic E-state index is 10.5. The van der Waals surface area contributed by atoms with Crippen molar-refractivity contribution in [2.24, 2.45) is 4.74 Å². The average molecular weight is 217 g/mol. The van der Waals surface area contributed by atoms with Crippen LogP contribution in [-0.4, -0.2) is 6.29 Å². The van der Waals surface area contributed by atoms with Crippen molar-refractivity contribution >= 4 is 25.7 Å². The first-order valence-corrected chi connectivity index (χ1v) is 5.24. The van der Waals surface area contributed by atoms with Crippen molar-refractivity contribution in [2.75, 3.05) is 0 Å². The third kappa shape index (κ3) is 2.39. The zero-order chi connectivity index (χ0) is 10.5. The van der Waals surface area contributed by atoms with E-state index in [4.69, 9.17) is 4.42 Å². The van der Waals surface area contributed by atoms with Crippen molar-refractivity contribution < 1.29 is 9.21 Å². The van der Waals surface area contributed by atoms with Crippen molar-refractivity contribution in [3.05, 3.63) is 48.4 Å². The lowest BCUT2D eigenvalue weighted by Gasteiger charge is -1.89. The summed E-state index contributed by atoms with van der Waals surface area (Å²) < 4.78 is 9.19. The van der Waals surface area contributed by atoms with Crippen LogP contribution in [0.15, 0.2) is 51.8 Å². The van der Waals surface area contributed by atoms with Gasteiger partial charge in [-0.15, -0.1) is 0 Å². The molecular weight excluding hydrogens is 209 g/mol. The van der Waals surface area contributed by atoms with Crippen molar-refractivity contribution in [1.29, 1.82) is 0 Å². The summed E-state index contributed by atoms with van der Waals surface area (Å²) in [7, 11) is 0.809. The lowest BCUT2D eigenvalue weighted by Crippen LogP contribution is -1.85. The molecule has 3 nitrogen and oxygen atoms in total. The summed E-state index contributed by atoms with van der Waals surface area (Å²) in [5, 5.41) is 1.08. The third-order valence-electron chi connectivity index (χ3n) is 1.81. The number of benzene rings is 1. The predicted molar refractivity (Wildman–Crippen MR) is 59.2 cm³/mol. The molecule has 0 saturated carbocycles. The molecule has 4 heteroatoms. The number of nitrogens with zero attached hydrogens (tertiary/aromatic N) is 1. The van der Waals surface area contributed by atoms with Crippen LogP contribution in [-0.2, 0) is 0 Å². The zero-order valence-electron chi connectivity index (χ0n) is 7.83. The van der Waals surface area contributed by atoms with Crippen LogP contribution in [0.5, 0.6) is 0 Å². The molecule has 0 aliphatic carbocycles. The summed E-state index contributed by atoms with van der Waals surface area (Å²) >= 11 is 0. The van der Waals surface area contributed by atoms with Crippen LogP contribution in [0.3, 0.4) is 0 Å². The first-order chi connectivity index (χ1) is 7.40. The SMILES string of the molecule is O=Cc1occc1/N=P/c1ccccc1. The van der Waals surface area contributed by atoms with Gasteiger partial charge in [0.15, 0.2) is 12.0 Å². The summed E-state index contributed by atoms with van der Waals surface area (Å²) in [6, 6.07) is 11.5. The Morgan fingerprint density at radius 3 is 2.73 bits per heavy atom.